The van der Waals surface area contributed by atoms with E-state index >= 15 is 0 Å². The van der Waals surface area contributed by atoms with E-state index in [1.807, 2.05) is 13.8 Å². The molecule has 3 rings (SSSR count). The number of nitrogens with two attached hydrogens (primary N) is 1. The van der Waals surface area contributed by atoms with Crippen LogP contribution in [-0.4, -0.2) is 85.0 Å². The van der Waals surface area contributed by atoms with Gasteiger partial charge in [0.05, 0.1) is 6.33 Å². The highest BCUT2D eigenvalue weighted by Crippen LogP contribution is 2.32. The average Bonchev–Trinajstić information content (AvgIpc) is 3.21. The molecule has 1 aliphatic rings. The molecule has 0 aromatic carbocycles. The Balaban J connectivity index is 1.70. The molecule has 1 saturated heterocycles. The molecule has 11 heteroatoms. The van der Waals surface area contributed by atoms with Crippen LogP contribution in [0.1, 0.15) is 20.1 Å². The Hall–Kier alpha value is -2.34. The highest BCUT2D eigenvalue weighted by atomic mass is 16.6. The minimum absolute atomic E-state index is 0.192. The number of likely N-dealkylation sites (N-methyl/N-ethyl adjacent to an activating group) is 1. The number of anilines is 1. The molecule has 2 aromatic rings. The van der Waals surface area contributed by atoms with Crippen molar-refractivity contribution in [1.82, 2.24) is 29.7 Å². The van der Waals surface area contributed by atoms with Crippen molar-refractivity contribution in [2.45, 2.75) is 38.4 Å². The Morgan fingerprint density at radius 3 is 2.74 bits per heavy atom. The maximum absolute atomic E-state index is 12.4. The van der Waals surface area contributed by atoms with Crippen LogP contribution in [0, 0.1) is 0 Å². The number of hydrogen-bond donors (Lipinski definition) is 4. The molecule has 1 fully saturated rings. The van der Waals surface area contributed by atoms with Gasteiger partial charge in [-0.1, -0.05) is 13.8 Å². The van der Waals surface area contributed by atoms with Crippen LogP contribution >= 0.6 is 0 Å². The predicted octanol–water partition coefficient (Wildman–Crippen LogP) is -1.51. The van der Waals surface area contributed by atoms with E-state index in [9.17, 15) is 15.0 Å². The number of carbonyl (C=O) groups excluding carboxylic acids is 1. The van der Waals surface area contributed by atoms with Crippen LogP contribution in [0.4, 0.5) is 5.82 Å². The number of fused-ring (bicyclic) bond motifs is 1. The average molecular weight is 379 g/mol. The van der Waals surface area contributed by atoms with E-state index < -0.39 is 30.4 Å². The Morgan fingerprint density at radius 1 is 1.30 bits per heavy atom. The molecule has 5 N–H and O–H groups in total. The lowest BCUT2D eigenvalue weighted by Gasteiger charge is -2.19. The molecule has 0 saturated carbocycles. The number of aliphatic hydroxyl groups is 2. The fraction of sp³-hybridized carbons (Fsp3) is 0.625. The molecule has 2 aromatic heterocycles. The molecule has 0 bridgehead atoms. The number of imidazole rings is 1. The summed E-state index contributed by atoms with van der Waals surface area (Å²) in [4.78, 5) is 26.6. The summed E-state index contributed by atoms with van der Waals surface area (Å²) < 4.78 is 7.08. The lowest BCUT2D eigenvalue weighted by Crippen LogP contribution is -2.45. The minimum Gasteiger partial charge on any atom is -0.387 e. The number of nitrogens with one attached hydrogen (secondary N) is 1. The molecule has 0 spiro atoms. The number of amides is 1. The van der Waals surface area contributed by atoms with E-state index in [0.29, 0.717) is 24.3 Å². The second-order valence-electron chi connectivity index (χ2n) is 6.33. The minimum atomic E-state index is -1.37. The Bertz CT molecular complexity index is 794. The third-order valence-electron chi connectivity index (χ3n) is 4.78. The van der Waals surface area contributed by atoms with Crippen LogP contribution in [0.25, 0.3) is 11.2 Å². The Morgan fingerprint density at radius 2 is 2.04 bits per heavy atom. The zero-order chi connectivity index (χ0) is 19.6. The van der Waals surface area contributed by atoms with Crippen molar-refractivity contribution < 1.29 is 19.7 Å². The summed E-state index contributed by atoms with van der Waals surface area (Å²) in [6.07, 6.45) is -2.25. The second kappa shape index (κ2) is 8.13. The number of nitrogens with zero attached hydrogens (tertiary/aromatic N) is 5. The molecule has 4 atom stereocenters. The van der Waals surface area contributed by atoms with E-state index in [-0.39, 0.29) is 5.82 Å². The van der Waals surface area contributed by atoms with E-state index in [1.54, 1.807) is 0 Å². The number of nitrogen functional groups attached to an aromatic ring is 1. The molecule has 27 heavy (non-hydrogen) atoms. The van der Waals surface area contributed by atoms with Crippen molar-refractivity contribution in [3.05, 3.63) is 12.7 Å². The van der Waals surface area contributed by atoms with Crippen LogP contribution in [0.2, 0.25) is 0 Å². The number of ether oxygens (including phenoxy) is 1. The Labute approximate surface area is 156 Å². The van der Waals surface area contributed by atoms with Crippen molar-refractivity contribution in [3.8, 4) is 0 Å². The first-order valence-electron chi connectivity index (χ1n) is 8.92. The van der Waals surface area contributed by atoms with E-state index in [2.05, 4.69) is 25.2 Å². The number of aliphatic hydroxyl groups excluding tert-OH is 2. The van der Waals surface area contributed by atoms with Crippen LogP contribution in [0.3, 0.4) is 0 Å². The van der Waals surface area contributed by atoms with Gasteiger partial charge in [-0.15, -0.1) is 0 Å². The third kappa shape index (κ3) is 3.72. The molecular formula is C16H25N7O4. The van der Waals surface area contributed by atoms with Crippen molar-refractivity contribution >= 4 is 22.9 Å². The van der Waals surface area contributed by atoms with Gasteiger partial charge in [-0.05, 0) is 13.1 Å². The van der Waals surface area contributed by atoms with Crippen LogP contribution < -0.4 is 11.1 Å². The molecule has 0 aliphatic carbocycles. The molecule has 3 heterocycles. The van der Waals surface area contributed by atoms with Gasteiger partial charge in [0.2, 0.25) is 0 Å². The quantitative estimate of drug-likeness (QED) is 0.450. The summed E-state index contributed by atoms with van der Waals surface area (Å²) in [6.45, 7) is 6.97. The number of hydrogen-bond acceptors (Lipinski definition) is 9. The van der Waals surface area contributed by atoms with Gasteiger partial charge in [0.15, 0.2) is 23.8 Å². The fourth-order valence-corrected chi connectivity index (χ4v) is 3.14. The molecule has 1 unspecified atom stereocenters. The monoisotopic (exact) mass is 379 g/mol. The maximum atomic E-state index is 12.4. The van der Waals surface area contributed by atoms with Crippen LogP contribution in [0.5, 0.6) is 0 Å². The molecular weight excluding hydrogens is 354 g/mol. The summed E-state index contributed by atoms with van der Waals surface area (Å²) in [5, 5.41) is 23.4. The number of aromatic nitrogens is 4. The smallest absolute Gasteiger partial charge is 0.252 e. The van der Waals surface area contributed by atoms with Gasteiger partial charge in [-0.2, -0.15) is 0 Å². The van der Waals surface area contributed by atoms with Gasteiger partial charge in [-0.3, -0.25) is 9.36 Å². The topological polar surface area (TPSA) is 152 Å². The highest BCUT2D eigenvalue weighted by molar-refractivity contribution is 5.82. The zero-order valence-corrected chi connectivity index (χ0v) is 15.3. The lowest BCUT2D eigenvalue weighted by atomic mass is 10.1. The summed E-state index contributed by atoms with van der Waals surface area (Å²) in [5.74, 6) is -0.285. The first kappa shape index (κ1) is 19.4. The normalized spacial score (nSPS) is 25.4. The number of rotatable bonds is 7. The first-order chi connectivity index (χ1) is 13.0. The van der Waals surface area contributed by atoms with E-state index in [1.165, 1.54) is 17.2 Å². The van der Waals surface area contributed by atoms with E-state index in [0.717, 1.165) is 13.1 Å². The summed E-state index contributed by atoms with van der Waals surface area (Å²) in [6, 6.07) is 0. The largest absolute Gasteiger partial charge is 0.387 e. The van der Waals surface area contributed by atoms with Crippen LogP contribution in [0.15, 0.2) is 12.7 Å². The van der Waals surface area contributed by atoms with Crippen molar-refractivity contribution in [2.75, 3.05) is 31.9 Å². The maximum Gasteiger partial charge on any atom is 0.252 e. The van der Waals surface area contributed by atoms with Gasteiger partial charge in [0.25, 0.3) is 5.91 Å². The first-order valence-corrected chi connectivity index (χ1v) is 8.92. The van der Waals surface area contributed by atoms with Crippen molar-refractivity contribution in [2.24, 2.45) is 0 Å². The Kier molecular flexibility index (Phi) is 5.85. The van der Waals surface area contributed by atoms with Crippen molar-refractivity contribution in [1.29, 1.82) is 0 Å². The highest BCUT2D eigenvalue weighted by Gasteiger charge is 2.47. The van der Waals surface area contributed by atoms with Crippen LogP contribution in [-0.2, 0) is 9.53 Å². The standard InChI is InChI=1S/C16H25N7O4/c1-3-22(4-2)6-5-18-15(26)12-10(24)11(25)16(27-12)23-8-21-9-13(17)19-7-20-14(9)23/h7-8,10-12,16,24-25H,3-6H2,1-2H3,(H,18,26)(H2,17,19,20)/t10-,11+,12-,16?/m0/s1. The van der Waals surface area contributed by atoms with E-state index in [4.69, 9.17) is 10.5 Å². The fourth-order valence-electron chi connectivity index (χ4n) is 3.14. The summed E-state index contributed by atoms with van der Waals surface area (Å²) >= 11 is 0. The molecule has 0 radical (unpaired) electrons. The molecule has 11 nitrogen and oxygen atoms in total. The third-order valence-corrected chi connectivity index (χ3v) is 4.78. The van der Waals surface area contributed by atoms with Gasteiger partial charge in [0.1, 0.15) is 24.1 Å². The van der Waals surface area contributed by atoms with Crippen molar-refractivity contribution in [3.63, 3.8) is 0 Å². The lowest BCUT2D eigenvalue weighted by molar-refractivity contribution is -0.137. The molecule has 1 aliphatic heterocycles. The summed E-state index contributed by atoms with van der Waals surface area (Å²) in [5.41, 5.74) is 6.46. The molecule has 148 valence electrons. The van der Waals surface area contributed by atoms with Gasteiger partial charge < -0.3 is 30.9 Å². The van der Waals surface area contributed by atoms with Gasteiger partial charge >= 0.3 is 0 Å². The van der Waals surface area contributed by atoms with Gasteiger partial charge in [0, 0.05) is 13.1 Å². The summed E-state index contributed by atoms with van der Waals surface area (Å²) in [7, 11) is 0. The predicted molar refractivity (Wildman–Crippen MR) is 96.5 cm³/mol. The number of carbonyl (C=O) groups is 1. The molecule has 1 amide bonds. The SMILES string of the molecule is CCN(CC)CCNC(=O)[C@H]1OC(n2cnc3c(N)ncnc32)[C@H](O)[C@@H]1O. The van der Waals surface area contributed by atoms with Gasteiger partial charge in [-0.25, -0.2) is 15.0 Å². The zero-order valence-electron chi connectivity index (χ0n) is 15.3. The second-order valence-corrected chi connectivity index (χ2v) is 6.33.